The molecule has 0 aromatic heterocycles. The second-order valence-corrected chi connectivity index (χ2v) is 7.24. The number of hydrogen-bond donors (Lipinski definition) is 0. The molecule has 0 aliphatic heterocycles. The predicted molar refractivity (Wildman–Crippen MR) is 116 cm³/mol. The lowest BCUT2D eigenvalue weighted by molar-refractivity contribution is 0.609. The van der Waals surface area contributed by atoms with E-state index in [0.717, 1.165) is 60.4 Å². The van der Waals surface area contributed by atoms with Crippen molar-refractivity contribution in [2.24, 2.45) is 0 Å². The van der Waals surface area contributed by atoms with Crippen LogP contribution in [0.25, 0.3) is 21.9 Å². The molecule has 0 amide bonds. The third-order valence-corrected chi connectivity index (χ3v) is 5.21. The Morgan fingerprint density at radius 1 is 0.852 bits per heavy atom. The second kappa shape index (κ2) is 9.50. The van der Waals surface area contributed by atoms with Gasteiger partial charge in [0, 0.05) is 5.39 Å². The smallest absolute Gasteiger partial charge is 0.134 e. The quantitative estimate of drug-likeness (QED) is 0.283. The van der Waals surface area contributed by atoms with Gasteiger partial charge in [-0.1, -0.05) is 80.4 Å². The molecule has 1 heteroatoms. The van der Waals surface area contributed by atoms with Crippen LogP contribution in [0.5, 0.6) is 0 Å². The Balaban J connectivity index is 1.81. The molecule has 0 aliphatic rings. The van der Waals surface area contributed by atoms with Gasteiger partial charge in [0.15, 0.2) is 0 Å². The molecule has 0 bridgehead atoms. The number of fused-ring (bicyclic) bond motifs is 1. The molecule has 3 aromatic carbocycles. The lowest BCUT2D eigenvalue weighted by Gasteiger charge is -2.09. The normalized spacial score (nSPS) is 11.5. The van der Waals surface area contributed by atoms with Gasteiger partial charge >= 0.3 is 0 Å². The molecule has 0 nitrogen and oxygen atoms in total. The maximum Gasteiger partial charge on any atom is 0.134 e. The van der Waals surface area contributed by atoms with Crippen molar-refractivity contribution in [3.05, 3.63) is 83.7 Å². The van der Waals surface area contributed by atoms with Gasteiger partial charge in [-0.05, 0) is 66.3 Å². The Morgan fingerprint density at radius 2 is 1.63 bits per heavy atom. The second-order valence-electron chi connectivity index (χ2n) is 7.24. The highest BCUT2D eigenvalue weighted by Crippen LogP contribution is 2.28. The third kappa shape index (κ3) is 4.86. The number of halogens is 1. The third-order valence-electron chi connectivity index (χ3n) is 5.21. The number of benzene rings is 3. The van der Waals surface area contributed by atoms with E-state index in [4.69, 9.17) is 0 Å². The van der Waals surface area contributed by atoms with Gasteiger partial charge < -0.3 is 0 Å². The molecular formula is C26H29F. The van der Waals surface area contributed by atoms with Crippen LogP contribution in [0.2, 0.25) is 0 Å². The van der Waals surface area contributed by atoms with Crippen LogP contribution in [0.3, 0.4) is 0 Å². The first-order valence-corrected chi connectivity index (χ1v) is 10.1. The van der Waals surface area contributed by atoms with Crippen LogP contribution in [-0.2, 0) is 12.8 Å². The number of unbranched alkanes of at least 4 members (excludes halogenated alkanes) is 2. The first kappa shape index (κ1) is 19.4. The molecular weight excluding hydrogens is 331 g/mol. The van der Waals surface area contributed by atoms with E-state index in [1.807, 2.05) is 18.2 Å². The van der Waals surface area contributed by atoms with Crippen molar-refractivity contribution in [1.82, 2.24) is 0 Å². The Labute approximate surface area is 162 Å². The summed E-state index contributed by atoms with van der Waals surface area (Å²) >= 11 is 0. The molecule has 0 fully saturated rings. The summed E-state index contributed by atoms with van der Waals surface area (Å²) in [5, 5.41) is 1.71. The zero-order valence-corrected chi connectivity index (χ0v) is 16.5. The first-order chi connectivity index (χ1) is 13.2. The van der Waals surface area contributed by atoms with Gasteiger partial charge in [0.1, 0.15) is 5.82 Å². The largest absolute Gasteiger partial charge is 0.206 e. The van der Waals surface area contributed by atoms with Crippen LogP contribution in [0.15, 0.2) is 66.7 Å². The van der Waals surface area contributed by atoms with E-state index < -0.39 is 0 Å². The summed E-state index contributed by atoms with van der Waals surface area (Å²) < 4.78 is 14.8. The molecule has 0 spiro atoms. The van der Waals surface area contributed by atoms with E-state index in [1.165, 1.54) is 11.1 Å². The molecule has 3 rings (SSSR count). The molecule has 140 valence electrons. The molecule has 0 saturated carbocycles. The van der Waals surface area contributed by atoms with E-state index in [9.17, 15) is 4.39 Å². The van der Waals surface area contributed by atoms with Crippen LogP contribution in [0.4, 0.5) is 4.39 Å². The van der Waals surface area contributed by atoms with Crippen molar-refractivity contribution in [2.75, 3.05) is 0 Å². The van der Waals surface area contributed by atoms with Gasteiger partial charge in [0.25, 0.3) is 0 Å². The fraction of sp³-hybridized carbons (Fsp3) is 0.308. The molecule has 0 radical (unpaired) electrons. The molecule has 0 aliphatic carbocycles. The van der Waals surface area contributed by atoms with Crippen LogP contribution in [0.1, 0.15) is 50.7 Å². The summed E-state index contributed by atoms with van der Waals surface area (Å²) in [5.74, 6) is -0.0468. The zero-order chi connectivity index (χ0) is 19.1. The van der Waals surface area contributed by atoms with Gasteiger partial charge in [-0.3, -0.25) is 0 Å². The minimum absolute atomic E-state index is 0.0468. The summed E-state index contributed by atoms with van der Waals surface area (Å²) in [4.78, 5) is 0. The van der Waals surface area contributed by atoms with Crippen LogP contribution in [0, 0.1) is 5.82 Å². The van der Waals surface area contributed by atoms with Crippen molar-refractivity contribution < 1.29 is 4.39 Å². The van der Waals surface area contributed by atoms with Crippen molar-refractivity contribution in [3.8, 4) is 11.1 Å². The Morgan fingerprint density at radius 3 is 2.37 bits per heavy atom. The van der Waals surface area contributed by atoms with Gasteiger partial charge in [0.2, 0.25) is 0 Å². The molecule has 27 heavy (non-hydrogen) atoms. The van der Waals surface area contributed by atoms with Crippen LogP contribution in [-0.4, -0.2) is 0 Å². The molecule has 0 N–H and O–H groups in total. The van der Waals surface area contributed by atoms with Crippen LogP contribution >= 0.6 is 0 Å². The molecule has 0 unspecified atom stereocenters. The maximum absolute atomic E-state index is 14.8. The van der Waals surface area contributed by atoms with Crippen LogP contribution < -0.4 is 0 Å². The standard InChI is InChI=1S/C26H29F/c1-3-5-7-9-20-11-13-21(14-12-20)23-17-18-25-24(19-23)16-15-22(26(25)27)10-8-6-4-2/h3,5,11-19H,4,6-10H2,1-2H3/b5-3+. The Kier molecular flexibility index (Phi) is 6.81. The summed E-state index contributed by atoms with van der Waals surface area (Å²) in [5.41, 5.74) is 4.51. The first-order valence-electron chi connectivity index (χ1n) is 10.1. The number of hydrogen-bond acceptors (Lipinski definition) is 0. The Bertz CT molecular complexity index is 903. The number of rotatable bonds is 8. The zero-order valence-electron chi connectivity index (χ0n) is 16.5. The lowest BCUT2D eigenvalue weighted by Crippen LogP contribution is -1.93. The van der Waals surface area contributed by atoms with Crippen molar-refractivity contribution in [3.63, 3.8) is 0 Å². The van der Waals surface area contributed by atoms with Crippen molar-refractivity contribution >= 4 is 10.8 Å². The van der Waals surface area contributed by atoms with Crippen molar-refractivity contribution in [2.45, 2.75) is 52.4 Å². The van der Waals surface area contributed by atoms with Gasteiger partial charge in [-0.15, -0.1) is 0 Å². The van der Waals surface area contributed by atoms with Crippen molar-refractivity contribution in [1.29, 1.82) is 0 Å². The van der Waals surface area contributed by atoms with E-state index in [-0.39, 0.29) is 5.82 Å². The fourth-order valence-corrected chi connectivity index (χ4v) is 3.56. The summed E-state index contributed by atoms with van der Waals surface area (Å²) in [6.07, 6.45) is 10.6. The van der Waals surface area contributed by atoms with E-state index in [0.29, 0.717) is 0 Å². The molecule has 0 saturated heterocycles. The topological polar surface area (TPSA) is 0 Å². The van der Waals surface area contributed by atoms with Gasteiger partial charge in [-0.25, -0.2) is 4.39 Å². The van der Waals surface area contributed by atoms with E-state index >= 15 is 0 Å². The summed E-state index contributed by atoms with van der Waals surface area (Å²) in [6.45, 7) is 4.23. The number of aryl methyl sites for hydroxylation is 2. The fourth-order valence-electron chi connectivity index (χ4n) is 3.56. The lowest BCUT2D eigenvalue weighted by atomic mass is 9.97. The summed E-state index contributed by atoms with van der Waals surface area (Å²) in [6, 6.07) is 18.8. The maximum atomic E-state index is 14.8. The number of allylic oxidation sites excluding steroid dienone is 2. The molecule has 0 atom stereocenters. The molecule has 3 aromatic rings. The highest BCUT2D eigenvalue weighted by atomic mass is 19.1. The summed E-state index contributed by atoms with van der Waals surface area (Å²) in [7, 11) is 0. The molecule has 0 heterocycles. The van der Waals surface area contributed by atoms with E-state index in [2.05, 4.69) is 62.4 Å². The van der Waals surface area contributed by atoms with Gasteiger partial charge in [0.05, 0.1) is 0 Å². The average Bonchev–Trinajstić information content (AvgIpc) is 2.70. The predicted octanol–water partition coefficient (Wildman–Crippen LogP) is 7.89. The average molecular weight is 361 g/mol. The SMILES string of the molecule is C/C=C/CCc1ccc(-c2ccc3c(F)c(CCCCC)ccc3c2)cc1. The monoisotopic (exact) mass is 360 g/mol. The highest BCUT2D eigenvalue weighted by Gasteiger charge is 2.08. The Hall–Kier alpha value is -2.41. The minimum Gasteiger partial charge on any atom is -0.206 e. The highest BCUT2D eigenvalue weighted by molar-refractivity contribution is 5.88. The van der Waals surface area contributed by atoms with Gasteiger partial charge in [-0.2, -0.15) is 0 Å². The minimum atomic E-state index is -0.0468. The van der Waals surface area contributed by atoms with E-state index in [1.54, 1.807) is 0 Å².